The third-order valence-corrected chi connectivity index (χ3v) is 3.03. The van der Waals surface area contributed by atoms with Crippen molar-refractivity contribution in [2.45, 2.75) is 6.61 Å². The Balaban J connectivity index is 2.15. The van der Waals surface area contributed by atoms with Crippen LogP contribution in [-0.4, -0.2) is 20.2 Å². The number of thiophene rings is 1. The number of halogens is 1. The quantitative estimate of drug-likeness (QED) is 0.809. The van der Waals surface area contributed by atoms with Gasteiger partial charge in [0.25, 0.3) is 0 Å². The van der Waals surface area contributed by atoms with Crippen molar-refractivity contribution in [3.63, 3.8) is 0 Å². The minimum atomic E-state index is 0.720. The van der Waals surface area contributed by atoms with E-state index >= 15 is 0 Å². The molecular weight excluding hydrogens is 238 g/mol. The van der Waals surface area contributed by atoms with Crippen molar-refractivity contribution in [2.24, 2.45) is 0 Å². The monoisotopic (exact) mass is 249 g/mol. The Kier molecular flexibility index (Phi) is 4.83. The fraction of sp³-hybridized carbons (Fsp3) is 0.500. The predicted octanol–water partition coefficient (Wildman–Crippen LogP) is 2.25. The average molecular weight is 250 g/mol. The van der Waals surface area contributed by atoms with Crippen LogP contribution in [0, 0.1) is 0 Å². The van der Waals surface area contributed by atoms with E-state index in [0.717, 1.165) is 24.2 Å². The third-order valence-electron chi connectivity index (χ3n) is 1.36. The summed E-state index contributed by atoms with van der Waals surface area (Å²) in [6.07, 6.45) is 0. The third kappa shape index (κ3) is 3.67. The lowest BCUT2D eigenvalue weighted by Crippen LogP contribution is -2.13. The Morgan fingerprint density at radius 3 is 3.08 bits per heavy atom. The van der Waals surface area contributed by atoms with Gasteiger partial charge in [-0.3, -0.25) is 0 Å². The largest absolute Gasteiger partial charge is 0.375 e. The summed E-state index contributed by atoms with van der Waals surface area (Å²) >= 11 is 5.11. The number of ether oxygens (including phenoxy) is 1. The highest BCUT2D eigenvalue weighted by atomic mass is 79.9. The van der Waals surface area contributed by atoms with Gasteiger partial charge in [-0.05, 0) is 29.0 Å². The molecule has 4 heteroatoms. The van der Waals surface area contributed by atoms with Gasteiger partial charge in [0.15, 0.2) is 0 Å². The number of likely N-dealkylation sites (N-methyl/N-ethyl adjacent to an activating group) is 1. The molecule has 0 aliphatic heterocycles. The smallest absolute Gasteiger partial charge is 0.0810 e. The molecule has 68 valence electrons. The normalized spacial score (nSPS) is 10.5. The van der Waals surface area contributed by atoms with Gasteiger partial charge in [-0.15, -0.1) is 11.3 Å². The van der Waals surface area contributed by atoms with Crippen LogP contribution in [0.15, 0.2) is 15.9 Å². The molecular formula is C8H12BrNOS. The molecule has 0 amide bonds. The molecule has 0 aliphatic carbocycles. The van der Waals surface area contributed by atoms with Crippen molar-refractivity contribution < 1.29 is 4.74 Å². The maximum Gasteiger partial charge on any atom is 0.0810 e. The van der Waals surface area contributed by atoms with E-state index in [2.05, 4.69) is 32.7 Å². The molecule has 0 radical (unpaired) electrons. The van der Waals surface area contributed by atoms with Crippen LogP contribution in [0.25, 0.3) is 0 Å². The van der Waals surface area contributed by atoms with Crippen molar-refractivity contribution in [3.05, 3.63) is 20.8 Å². The van der Waals surface area contributed by atoms with Crippen molar-refractivity contribution in [1.82, 2.24) is 5.32 Å². The highest BCUT2D eigenvalue weighted by molar-refractivity contribution is 9.10. The molecule has 1 N–H and O–H groups in total. The second-order valence-corrected chi connectivity index (χ2v) is 4.30. The summed E-state index contributed by atoms with van der Waals surface area (Å²) in [4.78, 5) is 1.26. The molecule has 0 aromatic carbocycles. The molecule has 0 bridgehead atoms. The van der Waals surface area contributed by atoms with Crippen LogP contribution in [0.1, 0.15) is 4.88 Å². The Morgan fingerprint density at radius 1 is 1.67 bits per heavy atom. The van der Waals surface area contributed by atoms with Gasteiger partial charge in [0.1, 0.15) is 0 Å². The van der Waals surface area contributed by atoms with Gasteiger partial charge < -0.3 is 10.1 Å². The first kappa shape index (κ1) is 10.2. The first-order valence-electron chi connectivity index (χ1n) is 3.78. The van der Waals surface area contributed by atoms with Crippen LogP contribution in [0.2, 0.25) is 0 Å². The molecule has 12 heavy (non-hydrogen) atoms. The maximum atomic E-state index is 5.40. The molecule has 0 saturated heterocycles. The van der Waals surface area contributed by atoms with E-state index in [0.29, 0.717) is 0 Å². The number of rotatable bonds is 5. The molecule has 0 saturated carbocycles. The molecule has 0 aliphatic rings. The van der Waals surface area contributed by atoms with E-state index in [9.17, 15) is 0 Å². The van der Waals surface area contributed by atoms with Crippen molar-refractivity contribution in [2.75, 3.05) is 20.2 Å². The number of hydrogen-bond donors (Lipinski definition) is 1. The number of nitrogens with one attached hydrogen (secondary N) is 1. The summed E-state index contributed by atoms with van der Waals surface area (Å²) in [5.74, 6) is 0. The van der Waals surface area contributed by atoms with Gasteiger partial charge >= 0.3 is 0 Å². The van der Waals surface area contributed by atoms with Gasteiger partial charge in [-0.25, -0.2) is 0 Å². The molecule has 1 aromatic heterocycles. The van der Waals surface area contributed by atoms with E-state index < -0.39 is 0 Å². The summed E-state index contributed by atoms with van der Waals surface area (Å²) in [6, 6.07) is 2.09. The Hall–Kier alpha value is 0.1000. The van der Waals surface area contributed by atoms with Crippen LogP contribution in [0.4, 0.5) is 0 Å². The van der Waals surface area contributed by atoms with Crippen molar-refractivity contribution in [3.8, 4) is 0 Å². The van der Waals surface area contributed by atoms with Gasteiger partial charge in [0.05, 0.1) is 13.2 Å². The highest BCUT2D eigenvalue weighted by Crippen LogP contribution is 2.20. The summed E-state index contributed by atoms with van der Waals surface area (Å²) < 4.78 is 6.54. The van der Waals surface area contributed by atoms with Gasteiger partial charge in [-0.2, -0.15) is 0 Å². The topological polar surface area (TPSA) is 21.3 Å². The number of hydrogen-bond acceptors (Lipinski definition) is 3. The standard InChI is InChI=1S/C8H12BrNOS/c1-10-2-3-11-5-8-4-7(9)6-12-8/h4,6,10H,2-3,5H2,1H3. The molecule has 0 atom stereocenters. The fourth-order valence-electron chi connectivity index (χ4n) is 0.776. The van der Waals surface area contributed by atoms with Crippen LogP contribution >= 0.6 is 27.3 Å². The molecule has 0 spiro atoms. The van der Waals surface area contributed by atoms with E-state index in [-0.39, 0.29) is 0 Å². The second kappa shape index (κ2) is 5.70. The fourth-order valence-corrected chi connectivity index (χ4v) is 2.16. The van der Waals surface area contributed by atoms with E-state index in [1.165, 1.54) is 4.88 Å². The summed E-state index contributed by atoms with van der Waals surface area (Å²) in [7, 11) is 1.92. The minimum absolute atomic E-state index is 0.720. The second-order valence-electron chi connectivity index (χ2n) is 2.39. The summed E-state index contributed by atoms with van der Waals surface area (Å²) in [5, 5.41) is 5.09. The Labute approximate surface area is 85.1 Å². The van der Waals surface area contributed by atoms with Gasteiger partial charge in [0, 0.05) is 21.3 Å². The molecule has 0 fully saturated rings. The Morgan fingerprint density at radius 2 is 2.50 bits per heavy atom. The van der Waals surface area contributed by atoms with E-state index in [1.54, 1.807) is 11.3 Å². The van der Waals surface area contributed by atoms with Crippen LogP contribution in [-0.2, 0) is 11.3 Å². The average Bonchev–Trinajstić information content (AvgIpc) is 2.45. The summed E-state index contributed by atoms with van der Waals surface area (Å²) in [5.41, 5.74) is 0. The lowest BCUT2D eigenvalue weighted by Gasteiger charge is -2.00. The lowest BCUT2D eigenvalue weighted by atomic mass is 10.5. The Bertz CT molecular complexity index is 227. The first-order valence-corrected chi connectivity index (χ1v) is 5.45. The molecule has 1 aromatic rings. The first-order chi connectivity index (χ1) is 5.83. The van der Waals surface area contributed by atoms with E-state index in [4.69, 9.17) is 4.74 Å². The highest BCUT2D eigenvalue weighted by Gasteiger charge is 1.96. The SMILES string of the molecule is CNCCOCc1cc(Br)cs1. The predicted molar refractivity (Wildman–Crippen MR) is 55.6 cm³/mol. The zero-order valence-electron chi connectivity index (χ0n) is 6.97. The minimum Gasteiger partial charge on any atom is -0.375 e. The zero-order chi connectivity index (χ0) is 8.81. The van der Waals surface area contributed by atoms with Crippen LogP contribution < -0.4 is 5.32 Å². The van der Waals surface area contributed by atoms with Gasteiger partial charge in [0.2, 0.25) is 0 Å². The molecule has 2 nitrogen and oxygen atoms in total. The van der Waals surface area contributed by atoms with Crippen molar-refractivity contribution >= 4 is 27.3 Å². The summed E-state index contributed by atoms with van der Waals surface area (Å²) in [6.45, 7) is 2.40. The maximum absolute atomic E-state index is 5.40. The lowest BCUT2D eigenvalue weighted by molar-refractivity contribution is 0.126. The van der Waals surface area contributed by atoms with Gasteiger partial charge in [-0.1, -0.05) is 0 Å². The zero-order valence-corrected chi connectivity index (χ0v) is 9.37. The van der Waals surface area contributed by atoms with Crippen LogP contribution in [0.3, 0.4) is 0 Å². The van der Waals surface area contributed by atoms with E-state index in [1.807, 2.05) is 7.05 Å². The van der Waals surface area contributed by atoms with Crippen molar-refractivity contribution in [1.29, 1.82) is 0 Å². The molecule has 0 unspecified atom stereocenters. The van der Waals surface area contributed by atoms with Crippen LogP contribution in [0.5, 0.6) is 0 Å². The molecule has 1 rings (SSSR count). The molecule has 1 heterocycles.